The highest BCUT2D eigenvalue weighted by atomic mass is 79.9. The molecule has 1 N–H and O–H groups in total. The molecule has 2 rings (SSSR count). The maximum Gasteiger partial charge on any atom is 0.235 e. The van der Waals surface area contributed by atoms with Gasteiger partial charge < -0.3 is 5.32 Å². The van der Waals surface area contributed by atoms with E-state index in [-0.39, 0.29) is 17.6 Å². The largest absolute Gasteiger partial charge is 0.346 e. The molecule has 16 heavy (non-hydrogen) atoms. The van der Waals surface area contributed by atoms with Crippen molar-refractivity contribution in [1.29, 1.82) is 0 Å². The molecule has 0 atom stereocenters. The standard InChI is InChI=1S/C11H10BrClFNO/c12-9-2-1-7(14)5-8(9)11(3-4-11)15-10(16)6-13/h1-2,5H,3-4,6H2,(H,15,16). The van der Waals surface area contributed by atoms with Crippen molar-refractivity contribution in [2.24, 2.45) is 0 Å². The summed E-state index contributed by atoms with van der Waals surface area (Å²) in [7, 11) is 0. The summed E-state index contributed by atoms with van der Waals surface area (Å²) < 4.78 is 14.0. The van der Waals surface area contributed by atoms with Crippen molar-refractivity contribution in [3.8, 4) is 0 Å². The molecule has 1 fully saturated rings. The van der Waals surface area contributed by atoms with Crippen LogP contribution in [0.4, 0.5) is 4.39 Å². The lowest BCUT2D eigenvalue weighted by Crippen LogP contribution is -2.35. The van der Waals surface area contributed by atoms with Crippen LogP contribution in [0.1, 0.15) is 18.4 Å². The molecule has 5 heteroatoms. The van der Waals surface area contributed by atoms with Crippen LogP contribution in [0.25, 0.3) is 0 Å². The fourth-order valence-electron chi connectivity index (χ4n) is 1.75. The molecule has 0 unspecified atom stereocenters. The van der Waals surface area contributed by atoms with Crippen LogP contribution in [0.2, 0.25) is 0 Å². The van der Waals surface area contributed by atoms with Gasteiger partial charge >= 0.3 is 0 Å². The summed E-state index contributed by atoms with van der Waals surface area (Å²) in [5.74, 6) is -0.603. The zero-order chi connectivity index (χ0) is 11.8. The molecule has 1 aliphatic rings. The summed E-state index contributed by atoms with van der Waals surface area (Å²) in [5.41, 5.74) is 0.360. The minimum atomic E-state index is -0.424. The van der Waals surface area contributed by atoms with Crippen molar-refractivity contribution < 1.29 is 9.18 Å². The van der Waals surface area contributed by atoms with Gasteiger partial charge in [-0.2, -0.15) is 0 Å². The molecule has 2 nitrogen and oxygen atoms in total. The zero-order valence-corrected chi connectivity index (χ0v) is 10.7. The van der Waals surface area contributed by atoms with Crippen molar-refractivity contribution in [1.82, 2.24) is 5.32 Å². The Morgan fingerprint density at radius 2 is 2.25 bits per heavy atom. The van der Waals surface area contributed by atoms with Gasteiger partial charge in [-0.25, -0.2) is 4.39 Å². The van der Waals surface area contributed by atoms with Crippen LogP contribution in [-0.4, -0.2) is 11.8 Å². The van der Waals surface area contributed by atoms with Crippen molar-refractivity contribution in [2.45, 2.75) is 18.4 Å². The van der Waals surface area contributed by atoms with Crippen molar-refractivity contribution in [3.05, 3.63) is 34.1 Å². The summed E-state index contributed by atoms with van der Waals surface area (Å²) in [6, 6.07) is 4.48. The maximum absolute atomic E-state index is 13.2. The molecule has 0 saturated heterocycles. The highest BCUT2D eigenvalue weighted by Gasteiger charge is 2.46. The molecule has 0 heterocycles. The first-order valence-corrected chi connectivity index (χ1v) is 6.23. The third kappa shape index (κ3) is 2.23. The molecule has 1 amide bonds. The van der Waals surface area contributed by atoms with E-state index in [1.54, 1.807) is 6.07 Å². The van der Waals surface area contributed by atoms with Crippen molar-refractivity contribution in [2.75, 3.05) is 5.88 Å². The third-order valence-electron chi connectivity index (χ3n) is 2.69. The van der Waals surface area contributed by atoms with Crippen LogP contribution in [-0.2, 0) is 10.3 Å². The van der Waals surface area contributed by atoms with E-state index in [0.717, 1.165) is 22.9 Å². The summed E-state index contributed by atoms with van der Waals surface area (Å²) in [5, 5.41) is 2.83. The van der Waals surface area contributed by atoms with Gasteiger partial charge in [-0.05, 0) is 36.6 Å². The van der Waals surface area contributed by atoms with Gasteiger partial charge in [-0.1, -0.05) is 15.9 Å². The average molecular weight is 307 g/mol. The van der Waals surface area contributed by atoms with Gasteiger partial charge in [0.15, 0.2) is 0 Å². The van der Waals surface area contributed by atoms with Gasteiger partial charge in [0, 0.05) is 4.47 Å². The number of nitrogens with one attached hydrogen (secondary N) is 1. The average Bonchev–Trinajstić information content (AvgIpc) is 3.02. The molecule has 0 spiro atoms. The lowest BCUT2D eigenvalue weighted by atomic mass is 10.0. The first-order valence-electron chi connectivity index (χ1n) is 4.90. The SMILES string of the molecule is O=C(CCl)NC1(c2cc(F)ccc2Br)CC1. The Kier molecular flexibility index (Phi) is 3.22. The minimum Gasteiger partial charge on any atom is -0.346 e. The van der Waals surface area contributed by atoms with E-state index in [1.165, 1.54) is 12.1 Å². The van der Waals surface area contributed by atoms with E-state index < -0.39 is 5.54 Å². The van der Waals surface area contributed by atoms with Crippen LogP contribution in [0.3, 0.4) is 0 Å². The predicted octanol–water partition coefficient (Wildman–Crippen LogP) is 2.93. The number of hydrogen-bond donors (Lipinski definition) is 1. The van der Waals surface area contributed by atoms with Gasteiger partial charge in [-0.15, -0.1) is 11.6 Å². The third-order valence-corrected chi connectivity index (χ3v) is 3.63. The maximum atomic E-state index is 13.2. The molecule has 1 aliphatic carbocycles. The van der Waals surface area contributed by atoms with E-state index in [0.29, 0.717) is 0 Å². The summed E-state index contributed by atoms with van der Waals surface area (Å²) in [6.45, 7) is 0. The highest BCUT2D eigenvalue weighted by Crippen LogP contribution is 2.48. The van der Waals surface area contributed by atoms with Gasteiger partial charge in [0.2, 0.25) is 5.91 Å². The lowest BCUT2D eigenvalue weighted by Gasteiger charge is -2.18. The second kappa shape index (κ2) is 4.34. The molecule has 86 valence electrons. The Balaban J connectivity index is 2.29. The van der Waals surface area contributed by atoms with E-state index >= 15 is 0 Å². The Labute approximate surface area is 106 Å². The topological polar surface area (TPSA) is 29.1 Å². The quantitative estimate of drug-likeness (QED) is 0.855. The highest BCUT2D eigenvalue weighted by molar-refractivity contribution is 9.10. The van der Waals surface area contributed by atoms with Crippen LogP contribution >= 0.6 is 27.5 Å². The van der Waals surface area contributed by atoms with Crippen LogP contribution in [0.15, 0.2) is 22.7 Å². The van der Waals surface area contributed by atoms with E-state index in [9.17, 15) is 9.18 Å². The smallest absolute Gasteiger partial charge is 0.235 e. The molecule has 0 radical (unpaired) electrons. The fraction of sp³-hybridized carbons (Fsp3) is 0.364. The molecule has 1 saturated carbocycles. The van der Waals surface area contributed by atoms with E-state index in [1.807, 2.05) is 0 Å². The van der Waals surface area contributed by atoms with Gasteiger partial charge in [0.05, 0.1) is 5.54 Å². The second-order valence-electron chi connectivity index (χ2n) is 3.89. The number of amides is 1. The fourth-order valence-corrected chi connectivity index (χ4v) is 2.44. The van der Waals surface area contributed by atoms with Gasteiger partial charge in [0.1, 0.15) is 11.7 Å². The normalized spacial score (nSPS) is 16.9. The van der Waals surface area contributed by atoms with Crippen LogP contribution in [0.5, 0.6) is 0 Å². The van der Waals surface area contributed by atoms with Crippen LogP contribution in [0, 0.1) is 5.82 Å². The van der Waals surface area contributed by atoms with Gasteiger partial charge in [0.25, 0.3) is 0 Å². The van der Waals surface area contributed by atoms with E-state index in [2.05, 4.69) is 21.2 Å². The Hall–Kier alpha value is -0.610. The number of halogens is 3. The number of alkyl halides is 1. The monoisotopic (exact) mass is 305 g/mol. The zero-order valence-electron chi connectivity index (χ0n) is 8.40. The number of hydrogen-bond acceptors (Lipinski definition) is 1. The number of carbonyl (C=O) groups excluding carboxylic acids is 1. The van der Waals surface area contributed by atoms with Crippen molar-refractivity contribution >= 4 is 33.4 Å². The summed E-state index contributed by atoms with van der Waals surface area (Å²) >= 11 is 8.81. The number of benzene rings is 1. The summed E-state index contributed by atoms with van der Waals surface area (Å²) in [6.07, 6.45) is 1.63. The number of rotatable bonds is 3. The minimum absolute atomic E-state index is 0.0747. The first kappa shape index (κ1) is 11.9. The molecular formula is C11H10BrClFNO. The predicted molar refractivity (Wildman–Crippen MR) is 63.9 cm³/mol. The Morgan fingerprint density at radius 3 is 2.81 bits per heavy atom. The Morgan fingerprint density at radius 1 is 1.56 bits per heavy atom. The number of carbonyl (C=O) groups is 1. The molecule has 1 aromatic carbocycles. The molecule has 1 aromatic rings. The molecule has 0 bridgehead atoms. The van der Waals surface area contributed by atoms with Crippen LogP contribution < -0.4 is 5.32 Å². The Bertz CT molecular complexity index is 434. The van der Waals surface area contributed by atoms with E-state index in [4.69, 9.17) is 11.6 Å². The molecular weight excluding hydrogens is 296 g/mol. The molecule has 0 aromatic heterocycles. The first-order chi connectivity index (χ1) is 7.57. The molecule has 0 aliphatic heterocycles. The van der Waals surface area contributed by atoms with Crippen molar-refractivity contribution in [3.63, 3.8) is 0 Å². The second-order valence-corrected chi connectivity index (χ2v) is 5.01. The van der Waals surface area contributed by atoms with Gasteiger partial charge in [-0.3, -0.25) is 4.79 Å². The lowest BCUT2D eigenvalue weighted by molar-refractivity contribution is -0.119. The summed E-state index contributed by atoms with van der Waals surface area (Å²) in [4.78, 5) is 11.3.